The number of hydrogen-bond acceptors (Lipinski definition) is 4. The van der Waals surface area contributed by atoms with Gasteiger partial charge in [-0.15, -0.1) is 0 Å². The summed E-state index contributed by atoms with van der Waals surface area (Å²) in [7, 11) is 0. The zero-order chi connectivity index (χ0) is 16.4. The van der Waals surface area contributed by atoms with Gasteiger partial charge in [0.25, 0.3) is 5.91 Å². The summed E-state index contributed by atoms with van der Waals surface area (Å²) in [6.07, 6.45) is 0. The molecule has 0 fully saturated rings. The standard InChI is InChI=1S/C16H12Cl2N2O3/c1-9(12-7-11(17)3-4-13(12)18)19-20-16(21)10-2-5-14-15(6-10)23-8-22-14/h2-7,19H,1,8H2,(H,20,21). The minimum Gasteiger partial charge on any atom is -0.454 e. The highest BCUT2D eigenvalue weighted by Crippen LogP contribution is 2.32. The SMILES string of the molecule is C=C(NNC(=O)c1ccc2c(c1)OCO2)c1cc(Cl)ccc1Cl. The predicted octanol–water partition coefficient (Wildman–Crippen LogP) is 3.63. The van der Waals surface area contributed by atoms with Crippen LogP contribution >= 0.6 is 23.2 Å². The molecular weight excluding hydrogens is 339 g/mol. The lowest BCUT2D eigenvalue weighted by Gasteiger charge is -2.13. The first-order chi connectivity index (χ1) is 11.0. The van der Waals surface area contributed by atoms with Crippen LogP contribution < -0.4 is 20.3 Å². The van der Waals surface area contributed by atoms with Crippen molar-refractivity contribution >= 4 is 34.8 Å². The van der Waals surface area contributed by atoms with Crippen LogP contribution in [0, 0.1) is 0 Å². The molecule has 2 aromatic carbocycles. The van der Waals surface area contributed by atoms with E-state index in [-0.39, 0.29) is 12.7 Å². The van der Waals surface area contributed by atoms with Crippen LogP contribution in [0.2, 0.25) is 10.0 Å². The van der Waals surface area contributed by atoms with E-state index in [4.69, 9.17) is 32.7 Å². The number of nitrogens with one attached hydrogen (secondary N) is 2. The summed E-state index contributed by atoms with van der Waals surface area (Å²) >= 11 is 12.0. The van der Waals surface area contributed by atoms with Gasteiger partial charge in [-0.25, -0.2) is 0 Å². The average molecular weight is 351 g/mol. The molecule has 0 radical (unpaired) electrons. The molecule has 118 valence electrons. The maximum Gasteiger partial charge on any atom is 0.269 e. The molecule has 0 unspecified atom stereocenters. The number of carbonyl (C=O) groups excluding carboxylic acids is 1. The van der Waals surface area contributed by atoms with Crippen LogP contribution in [0.5, 0.6) is 11.5 Å². The number of hydrazine groups is 1. The molecule has 0 aromatic heterocycles. The van der Waals surface area contributed by atoms with Crippen LogP contribution in [0.25, 0.3) is 5.70 Å². The number of ether oxygens (including phenoxy) is 2. The Morgan fingerprint density at radius 1 is 1.04 bits per heavy atom. The topological polar surface area (TPSA) is 59.6 Å². The van der Waals surface area contributed by atoms with Gasteiger partial charge >= 0.3 is 0 Å². The van der Waals surface area contributed by atoms with Gasteiger partial charge in [-0.2, -0.15) is 0 Å². The largest absolute Gasteiger partial charge is 0.454 e. The predicted molar refractivity (Wildman–Crippen MR) is 88.7 cm³/mol. The molecular formula is C16H12Cl2N2O3. The highest BCUT2D eigenvalue weighted by atomic mass is 35.5. The van der Waals surface area contributed by atoms with Crippen LogP contribution in [0.15, 0.2) is 43.0 Å². The number of amides is 1. The molecule has 0 bridgehead atoms. The fraction of sp³-hybridized carbons (Fsp3) is 0.0625. The maximum absolute atomic E-state index is 12.2. The Hall–Kier alpha value is -2.37. The van der Waals surface area contributed by atoms with E-state index in [1.165, 1.54) is 0 Å². The van der Waals surface area contributed by atoms with E-state index >= 15 is 0 Å². The van der Waals surface area contributed by atoms with Crippen LogP contribution in [-0.2, 0) is 0 Å². The van der Waals surface area contributed by atoms with Gasteiger partial charge in [0, 0.05) is 16.1 Å². The Labute approximate surface area is 142 Å². The number of rotatable bonds is 4. The second-order valence-corrected chi connectivity index (χ2v) is 5.59. The summed E-state index contributed by atoms with van der Waals surface area (Å²) < 4.78 is 10.4. The Bertz CT molecular complexity index is 793. The van der Waals surface area contributed by atoms with Crippen molar-refractivity contribution in [3.63, 3.8) is 0 Å². The van der Waals surface area contributed by atoms with E-state index < -0.39 is 0 Å². The molecule has 3 rings (SSSR count). The molecule has 7 heteroatoms. The second kappa shape index (κ2) is 6.40. The maximum atomic E-state index is 12.2. The van der Waals surface area contributed by atoms with Crippen LogP contribution in [0.4, 0.5) is 0 Å². The van der Waals surface area contributed by atoms with Gasteiger partial charge in [0.15, 0.2) is 11.5 Å². The Balaban J connectivity index is 1.67. The third-order valence-corrected chi connectivity index (χ3v) is 3.78. The molecule has 0 saturated heterocycles. The summed E-state index contributed by atoms with van der Waals surface area (Å²) in [5, 5.41) is 0.999. The molecule has 0 spiro atoms. The summed E-state index contributed by atoms with van der Waals surface area (Å²) in [6, 6.07) is 9.91. The summed E-state index contributed by atoms with van der Waals surface area (Å²) in [5.41, 5.74) is 6.72. The fourth-order valence-electron chi connectivity index (χ4n) is 2.04. The first-order valence-electron chi connectivity index (χ1n) is 6.65. The Kier molecular flexibility index (Phi) is 4.32. The molecule has 1 aliphatic rings. The first-order valence-corrected chi connectivity index (χ1v) is 7.40. The van der Waals surface area contributed by atoms with Gasteiger partial charge in [-0.3, -0.25) is 15.6 Å². The number of benzene rings is 2. The van der Waals surface area contributed by atoms with Gasteiger partial charge in [0.1, 0.15) is 0 Å². The highest BCUT2D eigenvalue weighted by molar-refractivity contribution is 6.34. The van der Waals surface area contributed by atoms with Gasteiger partial charge < -0.3 is 9.47 Å². The smallest absolute Gasteiger partial charge is 0.269 e. The normalized spacial score (nSPS) is 11.9. The van der Waals surface area contributed by atoms with Crippen LogP contribution in [-0.4, -0.2) is 12.7 Å². The second-order valence-electron chi connectivity index (χ2n) is 4.75. The molecule has 2 N–H and O–H groups in total. The Morgan fingerprint density at radius 3 is 2.65 bits per heavy atom. The molecule has 2 aromatic rings. The summed E-state index contributed by atoms with van der Waals surface area (Å²) in [5.74, 6) is 0.807. The van der Waals surface area contributed by atoms with Crippen molar-refractivity contribution in [3.8, 4) is 11.5 Å². The van der Waals surface area contributed by atoms with E-state index in [0.717, 1.165) is 0 Å². The average Bonchev–Trinajstić information content (AvgIpc) is 3.02. The minimum absolute atomic E-state index is 0.155. The van der Waals surface area contributed by atoms with Gasteiger partial charge in [-0.05, 0) is 36.4 Å². The van der Waals surface area contributed by atoms with Gasteiger partial charge in [0.2, 0.25) is 6.79 Å². The quantitative estimate of drug-likeness (QED) is 0.826. The molecule has 1 heterocycles. The van der Waals surface area contributed by atoms with Crippen molar-refractivity contribution in [1.82, 2.24) is 10.9 Å². The number of halogens is 2. The van der Waals surface area contributed by atoms with Crippen molar-refractivity contribution in [3.05, 3.63) is 64.1 Å². The van der Waals surface area contributed by atoms with E-state index in [1.54, 1.807) is 36.4 Å². The van der Waals surface area contributed by atoms with E-state index in [0.29, 0.717) is 38.4 Å². The minimum atomic E-state index is -0.345. The van der Waals surface area contributed by atoms with Crippen molar-refractivity contribution < 1.29 is 14.3 Å². The zero-order valence-corrected chi connectivity index (χ0v) is 13.4. The number of hydrogen-bond donors (Lipinski definition) is 2. The van der Waals surface area contributed by atoms with Gasteiger partial charge in [-0.1, -0.05) is 29.8 Å². The summed E-state index contributed by atoms with van der Waals surface area (Å²) in [4.78, 5) is 12.2. The van der Waals surface area contributed by atoms with E-state index in [9.17, 15) is 4.79 Å². The molecule has 0 aliphatic carbocycles. The van der Waals surface area contributed by atoms with Crippen molar-refractivity contribution in [1.29, 1.82) is 0 Å². The molecule has 0 atom stereocenters. The van der Waals surface area contributed by atoms with Crippen LogP contribution in [0.1, 0.15) is 15.9 Å². The zero-order valence-electron chi connectivity index (χ0n) is 11.9. The third-order valence-electron chi connectivity index (χ3n) is 3.22. The fourth-order valence-corrected chi connectivity index (χ4v) is 2.44. The molecule has 23 heavy (non-hydrogen) atoms. The Morgan fingerprint density at radius 2 is 1.83 bits per heavy atom. The molecule has 5 nitrogen and oxygen atoms in total. The highest BCUT2D eigenvalue weighted by Gasteiger charge is 2.16. The summed E-state index contributed by atoms with van der Waals surface area (Å²) in [6.45, 7) is 3.99. The molecule has 1 aliphatic heterocycles. The van der Waals surface area contributed by atoms with Crippen molar-refractivity contribution in [2.45, 2.75) is 0 Å². The van der Waals surface area contributed by atoms with Gasteiger partial charge in [0.05, 0.1) is 10.7 Å². The lowest BCUT2D eigenvalue weighted by Crippen LogP contribution is -2.35. The first kappa shape index (κ1) is 15.5. The molecule has 0 saturated carbocycles. The van der Waals surface area contributed by atoms with Crippen LogP contribution in [0.3, 0.4) is 0 Å². The van der Waals surface area contributed by atoms with E-state index in [2.05, 4.69) is 17.4 Å². The molecule has 1 amide bonds. The lowest BCUT2D eigenvalue weighted by molar-refractivity contribution is 0.0942. The van der Waals surface area contributed by atoms with Crippen molar-refractivity contribution in [2.24, 2.45) is 0 Å². The number of carbonyl (C=O) groups is 1. The lowest BCUT2D eigenvalue weighted by atomic mass is 10.2. The van der Waals surface area contributed by atoms with Crippen molar-refractivity contribution in [2.75, 3.05) is 6.79 Å². The van der Waals surface area contributed by atoms with E-state index in [1.807, 2.05) is 0 Å². The number of fused-ring (bicyclic) bond motifs is 1. The monoisotopic (exact) mass is 350 g/mol. The third kappa shape index (κ3) is 3.36.